The van der Waals surface area contributed by atoms with Gasteiger partial charge >= 0.3 is 5.97 Å². The number of benzene rings is 1. The highest BCUT2D eigenvalue weighted by atomic mass is 16.5. The van der Waals surface area contributed by atoms with Crippen molar-refractivity contribution in [3.05, 3.63) is 35.4 Å². The minimum absolute atomic E-state index is 0.273. The number of ether oxygens (including phenoxy) is 1. The number of carbonyl (C=O) groups is 1. The lowest BCUT2D eigenvalue weighted by Gasteiger charge is -2.10. The highest BCUT2D eigenvalue weighted by molar-refractivity contribution is 5.89. The van der Waals surface area contributed by atoms with Crippen molar-refractivity contribution in [1.29, 1.82) is 0 Å². The second kappa shape index (κ2) is 5.54. The van der Waals surface area contributed by atoms with Crippen molar-refractivity contribution < 1.29 is 9.53 Å². The van der Waals surface area contributed by atoms with E-state index in [0.29, 0.717) is 11.5 Å². The summed E-state index contributed by atoms with van der Waals surface area (Å²) < 4.78 is 4.65. The van der Waals surface area contributed by atoms with Crippen LogP contribution in [-0.2, 0) is 4.74 Å². The number of methoxy groups -OCH3 is 1. The molecule has 1 aromatic carbocycles. The van der Waals surface area contributed by atoms with E-state index in [2.05, 4.69) is 18.6 Å². The van der Waals surface area contributed by atoms with Crippen molar-refractivity contribution in [2.45, 2.75) is 32.6 Å². The molecule has 0 fully saturated rings. The average molecular weight is 206 g/mol. The normalized spacial score (nSPS) is 12.2. The van der Waals surface area contributed by atoms with Gasteiger partial charge in [-0.15, -0.1) is 0 Å². The van der Waals surface area contributed by atoms with Gasteiger partial charge in [-0.05, 0) is 30.0 Å². The Bertz CT molecular complexity index is 314. The fourth-order valence-corrected chi connectivity index (χ4v) is 1.67. The average Bonchev–Trinajstić information content (AvgIpc) is 2.28. The summed E-state index contributed by atoms with van der Waals surface area (Å²) in [5.41, 5.74) is 1.90. The predicted octanol–water partition coefficient (Wildman–Crippen LogP) is 3.38. The van der Waals surface area contributed by atoms with Crippen LogP contribution < -0.4 is 0 Å². The van der Waals surface area contributed by atoms with E-state index in [1.54, 1.807) is 0 Å². The summed E-state index contributed by atoms with van der Waals surface area (Å²) in [5, 5.41) is 0. The smallest absolute Gasteiger partial charge is 0.337 e. The molecule has 82 valence electrons. The van der Waals surface area contributed by atoms with Gasteiger partial charge < -0.3 is 4.74 Å². The third-order valence-electron chi connectivity index (χ3n) is 2.62. The third kappa shape index (κ3) is 3.08. The minimum Gasteiger partial charge on any atom is -0.465 e. The van der Waals surface area contributed by atoms with Crippen molar-refractivity contribution in [3.8, 4) is 0 Å². The summed E-state index contributed by atoms with van der Waals surface area (Å²) in [6.07, 6.45) is 2.36. The maximum Gasteiger partial charge on any atom is 0.337 e. The maximum atomic E-state index is 11.2. The first kappa shape index (κ1) is 11.8. The molecule has 0 aromatic heterocycles. The second-order valence-corrected chi connectivity index (χ2v) is 3.80. The topological polar surface area (TPSA) is 26.3 Å². The maximum absolute atomic E-state index is 11.2. The highest BCUT2D eigenvalue weighted by Crippen LogP contribution is 2.20. The van der Waals surface area contributed by atoms with Crippen molar-refractivity contribution in [3.63, 3.8) is 0 Å². The summed E-state index contributed by atoms with van der Waals surface area (Å²) in [6, 6.07) is 7.67. The van der Waals surface area contributed by atoms with Crippen LogP contribution >= 0.6 is 0 Å². The van der Waals surface area contributed by atoms with E-state index in [1.807, 2.05) is 24.3 Å². The summed E-state index contributed by atoms with van der Waals surface area (Å²) in [7, 11) is 1.40. The molecule has 0 aliphatic carbocycles. The van der Waals surface area contributed by atoms with Crippen LogP contribution in [0.4, 0.5) is 0 Å². The molecule has 0 saturated heterocycles. The SMILES string of the molecule is CCC[C@@H](C)c1ccc(C(=O)OC)cc1. The zero-order valence-corrected chi connectivity index (χ0v) is 9.62. The fraction of sp³-hybridized carbons (Fsp3) is 0.462. The van der Waals surface area contributed by atoms with Gasteiger partial charge in [0.05, 0.1) is 12.7 Å². The molecule has 0 amide bonds. The Morgan fingerprint density at radius 1 is 1.33 bits per heavy atom. The monoisotopic (exact) mass is 206 g/mol. The van der Waals surface area contributed by atoms with Crippen LogP contribution in [-0.4, -0.2) is 13.1 Å². The van der Waals surface area contributed by atoms with Crippen LogP contribution in [0.3, 0.4) is 0 Å². The molecule has 1 rings (SSSR count). The van der Waals surface area contributed by atoms with Crippen molar-refractivity contribution in [2.24, 2.45) is 0 Å². The van der Waals surface area contributed by atoms with E-state index < -0.39 is 0 Å². The molecular weight excluding hydrogens is 188 g/mol. The van der Waals surface area contributed by atoms with E-state index in [0.717, 1.165) is 0 Å². The molecule has 15 heavy (non-hydrogen) atoms. The van der Waals surface area contributed by atoms with Gasteiger partial charge in [-0.25, -0.2) is 4.79 Å². The largest absolute Gasteiger partial charge is 0.465 e. The number of rotatable bonds is 4. The Balaban J connectivity index is 2.76. The molecule has 0 heterocycles. The van der Waals surface area contributed by atoms with E-state index >= 15 is 0 Å². The molecule has 0 aliphatic rings. The molecule has 0 aliphatic heterocycles. The number of esters is 1. The van der Waals surface area contributed by atoms with Gasteiger partial charge in [0.2, 0.25) is 0 Å². The van der Waals surface area contributed by atoms with Crippen molar-refractivity contribution in [1.82, 2.24) is 0 Å². The summed E-state index contributed by atoms with van der Waals surface area (Å²) in [5.74, 6) is 0.284. The zero-order chi connectivity index (χ0) is 11.3. The molecule has 0 bridgehead atoms. The third-order valence-corrected chi connectivity index (χ3v) is 2.62. The second-order valence-electron chi connectivity index (χ2n) is 3.80. The zero-order valence-electron chi connectivity index (χ0n) is 9.62. The lowest BCUT2D eigenvalue weighted by molar-refractivity contribution is 0.0600. The first-order chi connectivity index (χ1) is 7.19. The van der Waals surface area contributed by atoms with Crippen molar-refractivity contribution >= 4 is 5.97 Å². The Morgan fingerprint density at radius 3 is 2.40 bits per heavy atom. The minimum atomic E-state index is -0.273. The van der Waals surface area contributed by atoms with E-state index in [4.69, 9.17) is 0 Å². The van der Waals surface area contributed by atoms with E-state index in [9.17, 15) is 4.79 Å². The first-order valence-corrected chi connectivity index (χ1v) is 5.37. The predicted molar refractivity (Wildman–Crippen MR) is 61.1 cm³/mol. The fourth-order valence-electron chi connectivity index (χ4n) is 1.67. The van der Waals surface area contributed by atoms with Gasteiger partial charge in [-0.3, -0.25) is 0 Å². The van der Waals surface area contributed by atoms with Gasteiger partial charge in [-0.1, -0.05) is 32.4 Å². The molecule has 1 atom stereocenters. The molecule has 0 unspecified atom stereocenters. The van der Waals surface area contributed by atoms with Gasteiger partial charge in [0.15, 0.2) is 0 Å². The number of carbonyl (C=O) groups excluding carboxylic acids is 1. The van der Waals surface area contributed by atoms with Crippen LogP contribution in [0.25, 0.3) is 0 Å². The van der Waals surface area contributed by atoms with E-state index in [1.165, 1.54) is 25.5 Å². The Morgan fingerprint density at radius 2 is 1.93 bits per heavy atom. The number of hydrogen-bond acceptors (Lipinski definition) is 2. The molecule has 0 spiro atoms. The standard InChI is InChI=1S/C13H18O2/c1-4-5-10(2)11-6-8-12(9-7-11)13(14)15-3/h6-10H,4-5H2,1-3H3/t10-/m1/s1. The quantitative estimate of drug-likeness (QED) is 0.706. The first-order valence-electron chi connectivity index (χ1n) is 5.37. The summed E-state index contributed by atoms with van der Waals surface area (Å²) in [6.45, 7) is 4.38. The van der Waals surface area contributed by atoms with Crippen LogP contribution in [0.2, 0.25) is 0 Å². The highest BCUT2D eigenvalue weighted by Gasteiger charge is 2.07. The van der Waals surface area contributed by atoms with Gasteiger partial charge in [0.25, 0.3) is 0 Å². The molecular formula is C13H18O2. The van der Waals surface area contributed by atoms with Crippen LogP contribution in [0, 0.1) is 0 Å². The molecule has 2 nitrogen and oxygen atoms in total. The molecule has 1 aromatic rings. The van der Waals surface area contributed by atoms with Crippen LogP contribution in [0.1, 0.15) is 48.5 Å². The summed E-state index contributed by atoms with van der Waals surface area (Å²) in [4.78, 5) is 11.2. The molecule has 2 heteroatoms. The summed E-state index contributed by atoms with van der Waals surface area (Å²) >= 11 is 0. The van der Waals surface area contributed by atoms with Crippen LogP contribution in [0.5, 0.6) is 0 Å². The van der Waals surface area contributed by atoms with Gasteiger partial charge in [0, 0.05) is 0 Å². The Labute approximate surface area is 91.3 Å². The Kier molecular flexibility index (Phi) is 4.35. The number of hydrogen-bond donors (Lipinski definition) is 0. The molecule has 0 N–H and O–H groups in total. The van der Waals surface area contributed by atoms with Gasteiger partial charge in [-0.2, -0.15) is 0 Å². The van der Waals surface area contributed by atoms with Gasteiger partial charge in [0.1, 0.15) is 0 Å². The van der Waals surface area contributed by atoms with Crippen molar-refractivity contribution in [2.75, 3.05) is 7.11 Å². The lowest BCUT2D eigenvalue weighted by Crippen LogP contribution is -2.01. The molecule has 0 radical (unpaired) electrons. The molecule has 0 saturated carbocycles. The Hall–Kier alpha value is -1.31. The lowest BCUT2D eigenvalue weighted by atomic mass is 9.96. The van der Waals surface area contributed by atoms with Crippen LogP contribution in [0.15, 0.2) is 24.3 Å². The van der Waals surface area contributed by atoms with E-state index in [-0.39, 0.29) is 5.97 Å².